The van der Waals surface area contributed by atoms with E-state index in [0.29, 0.717) is 0 Å². The van der Waals surface area contributed by atoms with Crippen molar-refractivity contribution in [1.82, 2.24) is 5.32 Å². The molecule has 182 valence electrons. The monoisotopic (exact) mass is 499 g/mol. The SMILES string of the molecule is O=C(O)Nc1ccc2c(c1)N(S(=O)(=O)c1ccc(F)cc1)CC(CNC(=O)C1CC(F)(F)C1)O2. The average molecular weight is 499 g/mol. The third-order valence-electron chi connectivity index (χ3n) is 5.51. The largest absolute Gasteiger partial charge is 0.484 e. The number of alkyl halides is 2. The maximum atomic E-state index is 13.4. The van der Waals surface area contributed by atoms with Crippen LogP contribution in [0.2, 0.25) is 0 Å². The van der Waals surface area contributed by atoms with Crippen molar-refractivity contribution >= 4 is 33.4 Å². The number of hydrogen-bond acceptors (Lipinski definition) is 5. The van der Waals surface area contributed by atoms with E-state index < -0.39 is 58.6 Å². The van der Waals surface area contributed by atoms with Crippen LogP contribution in [-0.4, -0.2) is 50.6 Å². The van der Waals surface area contributed by atoms with Gasteiger partial charge < -0.3 is 15.2 Å². The Morgan fingerprint density at radius 2 is 1.82 bits per heavy atom. The standard InChI is InChI=1S/C21H20F3N3O6S/c22-13-1-4-16(5-2-13)34(31,32)27-11-15(10-25-19(28)12-8-21(23,24)9-12)33-18-6-3-14(7-17(18)27)26-20(29)30/h1-7,12,15,26H,8-11H2,(H,25,28)(H,29,30). The van der Waals surface area contributed by atoms with Crippen molar-refractivity contribution in [3.8, 4) is 5.75 Å². The van der Waals surface area contributed by atoms with E-state index in [1.54, 1.807) is 0 Å². The highest BCUT2D eigenvalue weighted by atomic mass is 32.2. The third kappa shape index (κ3) is 4.88. The zero-order chi connectivity index (χ0) is 24.7. The fourth-order valence-electron chi connectivity index (χ4n) is 3.79. The van der Waals surface area contributed by atoms with E-state index in [2.05, 4.69) is 10.6 Å². The second-order valence-electron chi connectivity index (χ2n) is 8.05. The van der Waals surface area contributed by atoms with Crippen molar-refractivity contribution in [3.05, 3.63) is 48.3 Å². The number of anilines is 2. The van der Waals surface area contributed by atoms with Crippen LogP contribution >= 0.6 is 0 Å². The van der Waals surface area contributed by atoms with Gasteiger partial charge in [-0.2, -0.15) is 0 Å². The number of nitrogens with zero attached hydrogens (tertiary/aromatic N) is 1. The Bertz CT molecular complexity index is 1210. The second-order valence-corrected chi connectivity index (χ2v) is 9.91. The summed E-state index contributed by atoms with van der Waals surface area (Å²) in [6.07, 6.45) is -3.31. The number of ether oxygens (including phenoxy) is 1. The minimum atomic E-state index is -4.23. The Morgan fingerprint density at radius 3 is 2.44 bits per heavy atom. The number of hydrogen-bond donors (Lipinski definition) is 3. The molecule has 3 N–H and O–H groups in total. The first-order valence-corrected chi connectivity index (χ1v) is 11.6. The van der Waals surface area contributed by atoms with E-state index in [1.165, 1.54) is 18.2 Å². The summed E-state index contributed by atoms with van der Waals surface area (Å²) < 4.78 is 72.9. The predicted molar refractivity (Wildman–Crippen MR) is 114 cm³/mol. The summed E-state index contributed by atoms with van der Waals surface area (Å²) in [6, 6.07) is 8.17. The van der Waals surface area contributed by atoms with Gasteiger partial charge in [-0.05, 0) is 42.5 Å². The number of halogens is 3. The maximum absolute atomic E-state index is 13.4. The van der Waals surface area contributed by atoms with Gasteiger partial charge in [0.05, 0.1) is 23.7 Å². The molecule has 9 nitrogen and oxygen atoms in total. The molecule has 1 heterocycles. The maximum Gasteiger partial charge on any atom is 0.409 e. The lowest BCUT2D eigenvalue weighted by Crippen LogP contribution is -2.51. The van der Waals surface area contributed by atoms with Gasteiger partial charge in [0.2, 0.25) is 11.8 Å². The summed E-state index contributed by atoms with van der Waals surface area (Å²) in [5.41, 5.74) is 0.128. The molecule has 1 aliphatic carbocycles. The van der Waals surface area contributed by atoms with Crippen LogP contribution in [0.4, 0.5) is 29.3 Å². The summed E-state index contributed by atoms with van der Waals surface area (Å²) in [5, 5.41) is 13.6. The van der Waals surface area contributed by atoms with Crippen molar-refractivity contribution < 1.29 is 41.0 Å². The van der Waals surface area contributed by atoms with Gasteiger partial charge in [0.1, 0.15) is 17.7 Å². The van der Waals surface area contributed by atoms with E-state index in [4.69, 9.17) is 9.84 Å². The first-order chi connectivity index (χ1) is 15.9. The summed E-state index contributed by atoms with van der Waals surface area (Å²) in [5.74, 6) is -4.79. The molecule has 1 fully saturated rings. The fraction of sp³-hybridized carbons (Fsp3) is 0.333. The highest BCUT2D eigenvalue weighted by molar-refractivity contribution is 7.92. The van der Waals surface area contributed by atoms with Gasteiger partial charge in [0.25, 0.3) is 10.0 Å². The number of benzene rings is 2. The molecular weight excluding hydrogens is 479 g/mol. The molecule has 13 heteroatoms. The number of rotatable bonds is 6. The number of fused-ring (bicyclic) bond motifs is 1. The molecule has 0 saturated heterocycles. The quantitative estimate of drug-likeness (QED) is 0.561. The van der Waals surface area contributed by atoms with E-state index in [1.807, 2.05) is 0 Å². The molecule has 2 aliphatic rings. The molecule has 1 unspecified atom stereocenters. The van der Waals surface area contributed by atoms with Crippen LogP contribution in [0.5, 0.6) is 5.75 Å². The molecule has 0 aromatic heterocycles. The minimum absolute atomic E-state index is 0.0387. The molecule has 4 rings (SSSR count). The zero-order valence-electron chi connectivity index (χ0n) is 17.5. The molecule has 1 atom stereocenters. The van der Waals surface area contributed by atoms with Crippen LogP contribution in [0.15, 0.2) is 47.4 Å². The Morgan fingerprint density at radius 1 is 1.15 bits per heavy atom. The van der Waals surface area contributed by atoms with Crippen molar-refractivity contribution in [2.45, 2.75) is 29.8 Å². The molecule has 1 saturated carbocycles. The molecule has 2 aromatic rings. The summed E-state index contributed by atoms with van der Waals surface area (Å²) >= 11 is 0. The van der Waals surface area contributed by atoms with Gasteiger partial charge in [-0.1, -0.05) is 0 Å². The number of carbonyl (C=O) groups is 2. The average Bonchev–Trinajstić information content (AvgIpc) is 2.75. The molecule has 0 radical (unpaired) electrons. The van der Waals surface area contributed by atoms with Gasteiger partial charge >= 0.3 is 6.09 Å². The Kier molecular flexibility index (Phi) is 6.06. The summed E-state index contributed by atoms with van der Waals surface area (Å²) in [4.78, 5) is 22.9. The van der Waals surface area contributed by atoms with Crippen LogP contribution in [0.3, 0.4) is 0 Å². The fourth-order valence-corrected chi connectivity index (χ4v) is 5.28. The highest BCUT2D eigenvalue weighted by Gasteiger charge is 2.48. The molecule has 2 aromatic carbocycles. The summed E-state index contributed by atoms with van der Waals surface area (Å²) in [6.45, 7) is -0.421. The summed E-state index contributed by atoms with van der Waals surface area (Å²) in [7, 11) is -4.23. The van der Waals surface area contributed by atoms with E-state index in [-0.39, 0.29) is 35.1 Å². The van der Waals surface area contributed by atoms with Crippen LogP contribution in [0, 0.1) is 11.7 Å². The van der Waals surface area contributed by atoms with Crippen molar-refractivity contribution in [1.29, 1.82) is 0 Å². The first-order valence-electron chi connectivity index (χ1n) is 10.2. The van der Waals surface area contributed by atoms with E-state index in [0.717, 1.165) is 28.6 Å². The second kappa shape index (κ2) is 8.70. The predicted octanol–water partition coefficient (Wildman–Crippen LogP) is 3.03. The van der Waals surface area contributed by atoms with Gasteiger partial charge in [-0.15, -0.1) is 0 Å². The number of sulfonamides is 1. The van der Waals surface area contributed by atoms with Gasteiger partial charge in [-0.25, -0.2) is 26.4 Å². The van der Waals surface area contributed by atoms with Crippen LogP contribution in [0.25, 0.3) is 0 Å². The van der Waals surface area contributed by atoms with Crippen molar-refractivity contribution in [2.75, 3.05) is 22.7 Å². The Hall–Kier alpha value is -3.48. The lowest BCUT2D eigenvalue weighted by Gasteiger charge is -2.37. The molecule has 0 spiro atoms. The molecule has 2 amide bonds. The number of carboxylic acid groups (broad SMARTS) is 1. The topological polar surface area (TPSA) is 125 Å². The lowest BCUT2D eigenvalue weighted by molar-refractivity contribution is -0.150. The first kappa shape index (κ1) is 23.7. The normalized spacial score (nSPS) is 19.4. The number of nitrogens with one attached hydrogen (secondary N) is 2. The molecule has 0 bridgehead atoms. The van der Waals surface area contributed by atoms with Gasteiger partial charge in [0, 0.05) is 24.4 Å². The van der Waals surface area contributed by atoms with Gasteiger partial charge in [-0.3, -0.25) is 14.4 Å². The Labute approximate surface area is 192 Å². The molecule has 1 aliphatic heterocycles. The number of amides is 2. The number of carbonyl (C=O) groups excluding carboxylic acids is 1. The van der Waals surface area contributed by atoms with Crippen molar-refractivity contribution in [2.24, 2.45) is 5.92 Å². The lowest BCUT2D eigenvalue weighted by atomic mass is 9.81. The third-order valence-corrected chi connectivity index (χ3v) is 7.30. The van der Waals surface area contributed by atoms with Crippen LogP contribution in [0.1, 0.15) is 12.8 Å². The molecular formula is C21H20F3N3O6S. The Balaban J connectivity index is 1.59. The van der Waals surface area contributed by atoms with Crippen molar-refractivity contribution in [3.63, 3.8) is 0 Å². The van der Waals surface area contributed by atoms with Crippen LogP contribution < -0.4 is 19.7 Å². The van der Waals surface area contributed by atoms with E-state index >= 15 is 0 Å². The smallest absolute Gasteiger partial charge is 0.409 e. The molecule has 34 heavy (non-hydrogen) atoms. The van der Waals surface area contributed by atoms with E-state index in [9.17, 15) is 31.2 Å². The zero-order valence-corrected chi connectivity index (χ0v) is 18.3. The van der Waals surface area contributed by atoms with Crippen LogP contribution in [-0.2, 0) is 14.8 Å². The highest BCUT2D eigenvalue weighted by Crippen LogP contribution is 2.42. The minimum Gasteiger partial charge on any atom is -0.484 e. The van der Waals surface area contributed by atoms with Gasteiger partial charge in [0.15, 0.2) is 0 Å².